The Morgan fingerprint density at radius 3 is 1.26 bits per heavy atom. The Morgan fingerprint density at radius 2 is 0.754 bits per heavy atom. The molecule has 2 heterocycles. The van der Waals surface area contributed by atoms with Gasteiger partial charge in [0, 0.05) is 56.7 Å². The van der Waals surface area contributed by atoms with E-state index in [1.54, 1.807) is 0 Å². The van der Waals surface area contributed by atoms with Crippen LogP contribution < -0.4 is 35.8 Å². The average Bonchev–Trinajstić information content (AvgIpc) is 3.33. The minimum atomic E-state index is -0.133. The van der Waals surface area contributed by atoms with E-state index in [4.69, 9.17) is 4.74 Å². The van der Waals surface area contributed by atoms with Crippen molar-refractivity contribution in [3.8, 4) is 11.5 Å². The lowest BCUT2D eigenvalue weighted by Crippen LogP contribution is -2.60. The fourth-order valence-electron chi connectivity index (χ4n) is 9.76. The highest BCUT2D eigenvalue weighted by molar-refractivity contribution is 7.02. The standard InChI is InChI=1S/C56H38BN3O/c1-6-21-39(22-7-1)58(40-23-8-2-9-24-40)49-37-51-54(46-33-18-16-31-44(46)49)57-55-47-34-19-17-32-45(47)50(59(41-25-10-3-11-26-41)42-27-12-4-13-28-42)38-53(55)61-52-36-20-35-48(56(52)57)60(51)43-29-14-5-15-30-43/h1-38H. The molecule has 2 aliphatic heterocycles. The largest absolute Gasteiger partial charge is 0.458 e. The zero-order valence-corrected chi connectivity index (χ0v) is 33.3. The van der Waals surface area contributed by atoms with E-state index in [9.17, 15) is 0 Å². The number of ether oxygens (including phenoxy) is 1. The van der Waals surface area contributed by atoms with E-state index < -0.39 is 0 Å². The van der Waals surface area contributed by atoms with Crippen LogP contribution in [0.1, 0.15) is 0 Å². The summed E-state index contributed by atoms with van der Waals surface area (Å²) in [5.74, 6) is 1.74. The van der Waals surface area contributed by atoms with E-state index >= 15 is 0 Å². The fraction of sp³-hybridized carbons (Fsp3) is 0. The van der Waals surface area contributed by atoms with Crippen LogP contribution in [0.3, 0.4) is 0 Å². The Hall–Kier alpha value is -8.02. The monoisotopic (exact) mass is 779 g/mol. The summed E-state index contributed by atoms with van der Waals surface area (Å²) in [7, 11) is 0. The summed E-state index contributed by atoms with van der Waals surface area (Å²) < 4.78 is 7.22. The maximum absolute atomic E-state index is 7.22. The third-order valence-electron chi connectivity index (χ3n) is 12.2. The first-order valence-electron chi connectivity index (χ1n) is 20.9. The van der Waals surface area contributed by atoms with Crippen LogP contribution in [0.5, 0.6) is 11.5 Å². The van der Waals surface area contributed by atoms with Crippen molar-refractivity contribution >= 4 is 95.8 Å². The second kappa shape index (κ2) is 14.4. The van der Waals surface area contributed by atoms with Crippen LogP contribution in [-0.4, -0.2) is 6.71 Å². The topological polar surface area (TPSA) is 19.0 Å². The van der Waals surface area contributed by atoms with E-state index in [0.29, 0.717) is 0 Å². The van der Waals surface area contributed by atoms with Crippen LogP contribution in [0, 0.1) is 0 Å². The van der Waals surface area contributed by atoms with Gasteiger partial charge in [-0.1, -0.05) is 146 Å². The van der Waals surface area contributed by atoms with Crippen LogP contribution >= 0.6 is 0 Å². The van der Waals surface area contributed by atoms with Crippen LogP contribution in [0.15, 0.2) is 231 Å². The number of benzene rings is 10. The van der Waals surface area contributed by atoms with Crippen molar-refractivity contribution in [1.82, 2.24) is 0 Å². The molecule has 0 N–H and O–H groups in total. The zero-order valence-electron chi connectivity index (χ0n) is 33.3. The van der Waals surface area contributed by atoms with Crippen molar-refractivity contribution in [2.45, 2.75) is 0 Å². The first-order valence-corrected chi connectivity index (χ1v) is 20.9. The molecule has 4 nitrogen and oxygen atoms in total. The third kappa shape index (κ3) is 5.62. The lowest BCUT2D eigenvalue weighted by molar-refractivity contribution is 0.488. The molecular weight excluding hydrogens is 741 g/mol. The molecule has 5 heteroatoms. The highest BCUT2D eigenvalue weighted by atomic mass is 16.5. The molecule has 0 amide bonds. The molecule has 0 fully saturated rings. The van der Waals surface area contributed by atoms with E-state index in [-0.39, 0.29) is 6.71 Å². The number of para-hydroxylation sites is 5. The first-order chi connectivity index (χ1) is 30.3. The summed E-state index contributed by atoms with van der Waals surface area (Å²) in [5.41, 5.74) is 13.5. The summed E-state index contributed by atoms with van der Waals surface area (Å²) in [6.07, 6.45) is 0. The highest BCUT2D eigenvalue weighted by Crippen LogP contribution is 2.49. The Labute approximate surface area is 355 Å². The van der Waals surface area contributed by atoms with Gasteiger partial charge in [-0.2, -0.15) is 0 Å². The van der Waals surface area contributed by atoms with Crippen molar-refractivity contribution in [3.63, 3.8) is 0 Å². The molecule has 0 spiro atoms. The molecule has 0 saturated heterocycles. The summed E-state index contributed by atoms with van der Waals surface area (Å²) in [6, 6.07) is 82.6. The van der Waals surface area contributed by atoms with Crippen LogP contribution in [0.2, 0.25) is 0 Å². The second-order valence-corrected chi connectivity index (χ2v) is 15.6. The molecule has 10 aromatic rings. The number of fused-ring (bicyclic) bond motifs is 8. The minimum Gasteiger partial charge on any atom is -0.458 e. The van der Waals surface area contributed by atoms with Gasteiger partial charge in [0.25, 0.3) is 6.71 Å². The Bertz CT molecular complexity index is 3160. The van der Waals surface area contributed by atoms with Gasteiger partial charge in [0.2, 0.25) is 0 Å². The van der Waals surface area contributed by atoms with Crippen molar-refractivity contribution < 1.29 is 4.74 Å². The number of nitrogens with zero attached hydrogens (tertiary/aromatic N) is 3. The molecule has 0 unspecified atom stereocenters. The van der Waals surface area contributed by atoms with Gasteiger partial charge < -0.3 is 19.4 Å². The minimum absolute atomic E-state index is 0.133. The normalized spacial score (nSPS) is 12.3. The van der Waals surface area contributed by atoms with Gasteiger partial charge in [0.05, 0.1) is 11.4 Å². The van der Waals surface area contributed by atoms with Crippen LogP contribution in [0.4, 0.5) is 51.2 Å². The van der Waals surface area contributed by atoms with Crippen molar-refractivity contribution in [2.75, 3.05) is 14.7 Å². The number of anilines is 9. The van der Waals surface area contributed by atoms with Gasteiger partial charge in [0.15, 0.2) is 0 Å². The van der Waals surface area contributed by atoms with Crippen LogP contribution in [-0.2, 0) is 0 Å². The second-order valence-electron chi connectivity index (χ2n) is 15.6. The average molecular weight is 780 g/mol. The van der Waals surface area contributed by atoms with Gasteiger partial charge in [0.1, 0.15) is 11.5 Å². The molecule has 0 radical (unpaired) electrons. The third-order valence-corrected chi connectivity index (χ3v) is 12.2. The molecule has 61 heavy (non-hydrogen) atoms. The quantitative estimate of drug-likeness (QED) is 0.150. The predicted molar refractivity (Wildman–Crippen MR) is 257 cm³/mol. The molecule has 0 saturated carbocycles. The fourth-order valence-corrected chi connectivity index (χ4v) is 9.76. The number of hydrogen-bond acceptors (Lipinski definition) is 4. The van der Waals surface area contributed by atoms with Crippen molar-refractivity contribution in [3.05, 3.63) is 231 Å². The molecule has 0 bridgehead atoms. The lowest BCUT2D eigenvalue weighted by atomic mass is 9.33. The molecule has 0 aliphatic carbocycles. The Morgan fingerprint density at radius 1 is 0.328 bits per heavy atom. The predicted octanol–water partition coefficient (Wildman–Crippen LogP) is 13.3. The SMILES string of the molecule is c1ccc(N2c3cccc4c3B(c3c(cc(N(c5ccccc5)c5ccccc5)c5ccccc35)O4)c3c2cc(N(c2ccccc2)c2ccccc2)c2ccccc32)cc1. The molecule has 286 valence electrons. The van der Waals surface area contributed by atoms with Crippen molar-refractivity contribution in [2.24, 2.45) is 0 Å². The van der Waals surface area contributed by atoms with Gasteiger partial charge in [-0.3, -0.25) is 0 Å². The number of rotatable bonds is 7. The smallest absolute Gasteiger partial charge is 0.258 e. The highest BCUT2D eigenvalue weighted by Gasteiger charge is 2.44. The number of hydrogen-bond donors (Lipinski definition) is 0. The van der Waals surface area contributed by atoms with E-state index in [1.807, 2.05) is 0 Å². The Kier molecular flexibility index (Phi) is 8.24. The summed E-state index contributed by atoms with van der Waals surface area (Å²) in [4.78, 5) is 7.21. The van der Waals surface area contributed by atoms with E-state index in [1.165, 1.54) is 32.5 Å². The molecular formula is C56H38BN3O. The van der Waals surface area contributed by atoms with Gasteiger partial charge in [-0.25, -0.2) is 0 Å². The molecule has 2 aliphatic rings. The van der Waals surface area contributed by atoms with E-state index in [2.05, 4.69) is 245 Å². The first kappa shape index (κ1) is 35.0. The van der Waals surface area contributed by atoms with Gasteiger partial charge in [-0.05, 0) is 106 Å². The molecule has 0 aromatic heterocycles. The summed E-state index contributed by atoms with van der Waals surface area (Å²) in [6.45, 7) is -0.133. The summed E-state index contributed by atoms with van der Waals surface area (Å²) in [5, 5.41) is 4.70. The molecule has 12 rings (SSSR count). The Balaban J connectivity index is 1.18. The lowest BCUT2D eigenvalue weighted by Gasteiger charge is -2.42. The summed E-state index contributed by atoms with van der Waals surface area (Å²) >= 11 is 0. The van der Waals surface area contributed by atoms with Gasteiger partial charge >= 0.3 is 0 Å². The van der Waals surface area contributed by atoms with Crippen molar-refractivity contribution in [1.29, 1.82) is 0 Å². The van der Waals surface area contributed by atoms with Gasteiger partial charge in [-0.15, -0.1) is 0 Å². The molecule has 0 atom stereocenters. The van der Waals surface area contributed by atoms with Crippen LogP contribution in [0.25, 0.3) is 21.5 Å². The maximum atomic E-state index is 7.22. The zero-order chi connectivity index (χ0) is 40.3. The molecule has 10 aromatic carbocycles. The maximum Gasteiger partial charge on any atom is 0.258 e. The van der Waals surface area contributed by atoms with E-state index in [0.717, 1.165) is 68.1 Å².